The summed E-state index contributed by atoms with van der Waals surface area (Å²) >= 11 is 0. The lowest BCUT2D eigenvalue weighted by Crippen LogP contribution is -2.26. The van der Waals surface area contributed by atoms with E-state index in [-0.39, 0.29) is 5.91 Å². The Labute approximate surface area is 138 Å². The lowest BCUT2D eigenvalue weighted by atomic mass is 10.1. The third kappa shape index (κ3) is 4.49. The summed E-state index contributed by atoms with van der Waals surface area (Å²) in [6, 6.07) is 15.5. The second-order valence-corrected chi connectivity index (χ2v) is 5.68. The SMILES string of the molecule is CCOc1ccc(CN(C)C(=O)c2ccc(N(C)C)cc2)cc1. The normalized spacial score (nSPS) is 10.3. The van der Waals surface area contributed by atoms with Crippen molar-refractivity contribution >= 4 is 11.6 Å². The van der Waals surface area contributed by atoms with E-state index >= 15 is 0 Å². The van der Waals surface area contributed by atoms with Gasteiger partial charge in [-0.15, -0.1) is 0 Å². The summed E-state index contributed by atoms with van der Waals surface area (Å²) in [5.74, 6) is 0.869. The predicted molar refractivity (Wildman–Crippen MR) is 94.2 cm³/mol. The second kappa shape index (κ2) is 7.68. The zero-order valence-corrected chi connectivity index (χ0v) is 14.2. The Balaban J connectivity index is 2.01. The average Bonchev–Trinajstić information content (AvgIpc) is 2.56. The van der Waals surface area contributed by atoms with Crippen molar-refractivity contribution in [3.8, 4) is 5.75 Å². The molecule has 0 aliphatic heterocycles. The van der Waals surface area contributed by atoms with E-state index in [0.717, 1.165) is 17.0 Å². The van der Waals surface area contributed by atoms with Gasteiger partial charge < -0.3 is 14.5 Å². The minimum absolute atomic E-state index is 0.0178. The van der Waals surface area contributed by atoms with Crippen molar-refractivity contribution in [3.05, 3.63) is 59.7 Å². The van der Waals surface area contributed by atoms with Crippen LogP contribution < -0.4 is 9.64 Å². The van der Waals surface area contributed by atoms with Crippen LogP contribution in [0.5, 0.6) is 5.75 Å². The van der Waals surface area contributed by atoms with Gasteiger partial charge in [-0.1, -0.05) is 12.1 Å². The summed E-state index contributed by atoms with van der Waals surface area (Å²) in [5, 5.41) is 0. The number of carbonyl (C=O) groups excluding carboxylic acids is 1. The number of hydrogen-bond donors (Lipinski definition) is 0. The average molecular weight is 312 g/mol. The molecule has 0 saturated heterocycles. The number of hydrogen-bond acceptors (Lipinski definition) is 3. The number of amides is 1. The predicted octanol–water partition coefficient (Wildman–Crippen LogP) is 3.42. The van der Waals surface area contributed by atoms with Gasteiger partial charge in [-0.05, 0) is 48.9 Å². The zero-order chi connectivity index (χ0) is 16.8. The standard InChI is InChI=1S/C19H24N2O2/c1-5-23-18-12-6-15(7-13-18)14-21(4)19(22)16-8-10-17(11-9-16)20(2)3/h6-13H,5,14H2,1-4H3. The van der Waals surface area contributed by atoms with E-state index in [0.29, 0.717) is 18.7 Å². The molecule has 0 saturated carbocycles. The maximum atomic E-state index is 12.5. The number of anilines is 1. The topological polar surface area (TPSA) is 32.8 Å². The van der Waals surface area contributed by atoms with E-state index in [2.05, 4.69) is 0 Å². The quantitative estimate of drug-likeness (QED) is 0.819. The van der Waals surface area contributed by atoms with E-state index in [1.54, 1.807) is 4.90 Å². The van der Waals surface area contributed by atoms with E-state index in [1.807, 2.05) is 81.5 Å². The molecule has 0 bridgehead atoms. The largest absolute Gasteiger partial charge is 0.494 e. The molecule has 0 fully saturated rings. The fourth-order valence-electron chi connectivity index (χ4n) is 2.33. The Morgan fingerprint density at radius 3 is 2.09 bits per heavy atom. The van der Waals surface area contributed by atoms with Gasteiger partial charge in [-0.3, -0.25) is 4.79 Å². The molecule has 2 aromatic rings. The molecule has 0 N–H and O–H groups in total. The first-order chi connectivity index (χ1) is 11.0. The number of carbonyl (C=O) groups is 1. The molecule has 0 spiro atoms. The summed E-state index contributed by atoms with van der Waals surface area (Å²) in [7, 11) is 5.78. The fourth-order valence-corrected chi connectivity index (χ4v) is 2.33. The van der Waals surface area contributed by atoms with Crippen molar-refractivity contribution in [2.75, 3.05) is 32.6 Å². The lowest BCUT2D eigenvalue weighted by molar-refractivity contribution is 0.0785. The van der Waals surface area contributed by atoms with Gasteiger partial charge in [0.05, 0.1) is 6.61 Å². The molecule has 23 heavy (non-hydrogen) atoms. The molecule has 0 aliphatic carbocycles. The maximum absolute atomic E-state index is 12.5. The lowest BCUT2D eigenvalue weighted by Gasteiger charge is -2.18. The van der Waals surface area contributed by atoms with E-state index < -0.39 is 0 Å². The molecular formula is C19H24N2O2. The Morgan fingerprint density at radius 2 is 1.57 bits per heavy atom. The molecule has 0 atom stereocenters. The molecular weight excluding hydrogens is 288 g/mol. The van der Waals surface area contributed by atoms with Crippen molar-refractivity contribution in [2.24, 2.45) is 0 Å². The molecule has 4 nitrogen and oxygen atoms in total. The van der Waals surface area contributed by atoms with Gasteiger partial charge in [0.1, 0.15) is 5.75 Å². The van der Waals surface area contributed by atoms with E-state index in [1.165, 1.54) is 0 Å². The summed E-state index contributed by atoms with van der Waals surface area (Å²) in [6.45, 7) is 3.18. The van der Waals surface area contributed by atoms with Crippen LogP contribution in [-0.4, -0.2) is 38.6 Å². The maximum Gasteiger partial charge on any atom is 0.253 e. The fraction of sp³-hybridized carbons (Fsp3) is 0.316. The zero-order valence-electron chi connectivity index (χ0n) is 14.2. The molecule has 2 aromatic carbocycles. The highest BCUT2D eigenvalue weighted by atomic mass is 16.5. The molecule has 1 amide bonds. The van der Waals surface area contributed by atoms with Crippen LogP contribution in [0.4, 0.5) is 5.69 Å². The van der Waals surface area contributed by atoms with Gasteiger partial charge in [0.15, 0.2) is 0 Å². The first kappa shape index (κ1) is 16.9. The number of ether oxygens (including phenoxy) is 1. The van der Waals surface area contributed by atoms with E-state index in [9.17, 15) is 4.79 Å². The van der Waals surface area contributed by atoms with E-state index in [4.69, 9.17) is 4.74 Å². The molecule has 0 aliphatic rings. The van der Waals surface area contributed by atoms with Crippen molar-refractivity contribution in [1.29, 1.82) is 0 Å². The third-order valence-electron chi connectivity index (χ3n) is 3.63. The monoisotopic (exact) mass is 312 g/mol. The molecule has 0 aromatic heterocycles. The minimum Gasteiger partial charge on any atom is -0.494 e. The molecule has 122 valence electrons. The number of rotatable bonds is 6. The van der Waals surface area contributed by atoms with Gasteiger partial charge in [0.25, 0.3) is 5.91 Å². The second-order valence-electron chi connectivity index (χ2n) is 5.68. The number of nitrogens with zero attached hydrogens (tertiary/aromatic N) is 2. The van der Waals surface area contributed by atoms with Gasteiger partial charge in [0.2, 0.25) is 0 Å². The molecule has 2 rings (SSSR count). The summed E-state index contributed by atoms with van der Waals surface area (Å²) in [6.07, 6.45) is 0. The Kier molecular flexibility index (Phi) is 5.63. The Hall–Kier alpha value is -2.49. The van der Waals surface area contributed by atoms with Gasteiger partial charge in [-0.2, -0.15) is 0 Å². The summed E-state index contributed by atoms with van der Waals surface area (Å²) in [4.78, 5) is 16.2. The summed E-state index contributed by atoms with van der Waals surface area (Å²) in [5.41, 5.74) is 2.86. The summed E-state index contributed by atoms with van der Waals surface area (Å²) < 4.78 is 5.43. The highest BCUT2D eigenvalue weighted by Gasteiger charge is 2.12. The van der Waals surface area contributed by atoms with Crippen molar-refractivity contribution in [1.82, 2.24) is 4.90 Å². The third-order valence-corrected chi connectivity index (χ3v) is 3.63. The number of benzene rings is 2. The van der Waals surface area contributed by atoms with Crippen LogP contribution in [0.1, 0.15) is 22.8 Å². The van der Waals surface area contributed by atoms with Crippen LogP contribution in [0, 0.1) is 0 Å². The van der Waals surface area contributed by atoms with Crippen molar-refractivity contribution < 1.29 is 9.53 Å². The van der Waals surface area contributed by atoms with Crippen LogP contribution in [0.2, 0.25) is 0 Å². The smallest absolute Gasteiger partial charge is 0.253 e. The van der Waals surface area contributed by atoms with Crippen LogP contribution in [0.25, 0.3) is 0 Å². The van der Waals surface area contributed by atoms with Gasteiger partial charge in [-0.25, -0.2) is 0 Å². The van der Waals surface area contributed by atoms with Crippen LogP contribution in [0.3, 0.4) is 0 Å². The Morgan fingerprint density at radius 1 is 0.957 bits per heavy atom. The highest BCUT2D eigenvalue weighted by Crippen LogP contribution is 2.16. The first-order valence-corrected chi connectivity index (χ1v) is 7.76. The molecule has 0 heterocycles. The first-order valence-electron chi connectivity index (χ1n) is 7.76. The highest BCUT2D eigenvalue weighted by molar-refractivity contribution is 5.94. The molecule has 4 heteroatoms. The van der Waals surface area contributed by atoms with Crippen molar-refractivity contribution in [3.63, 3.8) is 0 Å². The van der Waals surface area contributed by atoms with Crippen molar-refractivity contribution in [2.45, 2.75) is 13.5 Å². The van der Waals surface area contributed by atoms with Crippen LogP contribution in [0.15, 0.2) is 48.5 Å². The minimum atomic E-state index is 0.0178. The molecule has 0 unspecified atom stereocenters. The van der Waals surface area contributed by atoms with Gasteiger partial charge >= 0.3 is 0 Å². The van der Waals surface area contributed by atoms with Crippen LogP contribution in [-0.2, 0) is 6.54 Å². The van der Waals surface area contributed by atoms with Crippen LogP contribution >= 0.6 is 0 Å². The Bertz CT molecular complexity index is 633. The molecule has 0 radical (unpaired) electrons. The van der Waals surface area contributed by atoms with Gasteiger partial charge in [0, 0.05) is 38.9 Å².